The largest absolute Gasteiger partial charge is 0.454 e. The van der Waals surface area contributed by atoms with Crippen LogP contribution in [0.2, 0.25) is 0 Å². The van der Waals surface area contributed by atoms with Crippen molar-refractivity contribution in [2.45, 2.75) is 24.9 Å². The number of amides is 1. The minimum Gasteiger partial charge on any atom is -0.454 e. The van der Waals surface area contributed by atoms with Gasteiger partial charge in [0.15, 0.2) is 11.6 Å². The average Bonchev–Trinajstić information content (AvgIpc) is 3.12. The number of rotatable bonds is 7. The first kappa shape index (κ1) is 22.3. The van der Waals surface area contributed by atoms with Crippen LogP contribution < -0.4 is 21.1 Å². The van der Waals surface area contributed by atoms with Crippen LogP contribution in [0.15, 0.2) is 42.5 Å². The number of anilines is 2. The lowest BCUT2D eigenvalue weighted by atomic mass is 10.0. The van der Waals surface area contributed by atoms with E-state index in [0.29, 0.717) is 35.4 Å². The molecule has 0 atom stereocenters. The van der Waals surface area contributed by atoms with E-state index in [0.717, 1.165) is 56.7 Å². The fraction of sp³-hybridized carbons (Fsp3) is 0.333. The quantitative estimate of drug-likeness (QED) is 0.460. The van der Waals surface area contributed by atoms with Gasteiger partial charge in [-0.1, -0.05) is 0 Å². The van der Waals surface area contributed by atoms with Gasteiger partial charge in [-0.25, -0.2) is 13.5 Å². The van der Waals surface area contributed by atoms with Crippen molar-refractivity contribution in [1.29, 1.82) is 0 Å². The Morgan fingerprint density at radius 1 is 1.09 bits per heavy atom. The second-order valence-electron chi connectivity index (χ2n) is 8.60. The lowest BCUT2D eigenvalue weighted by Crippen LogP contribution is -2.58. The summed E-state index contributed by atoms with van der Waals surface area (Å²) >= 11 is 0. The summed E-state index contributed by atoms with van der Waals surface area (Å²) in [6.45, 7) is 4.04. The summed E-state index contributed by atoms with van der Waals surface area (Å²) in [4.78, 5) is 13.8. The summed E-state index contributed by atoms with van der Waals surface area (Å²) in [5.74, 6) is -0.735. The van der Waals surface area contributed by atoms with E-state index >= 15 is 0 Å². The molecular formula is C24H26F2N6O2. The highest BCUT2D eigenvalue weighted by molar-refractivity contribution is 5.89. The van der Waals surface area contributed by atoms with Crippen LogP contribution in [0.1, 0.15) is 18.9 Å². The molecule has 0 aliphatic carbocycles. The van der Waals surface area contributed by atoms with Crippen molar-refractivity contribution >= 4 is 17.9 Å². The van der Waals surface area contributed by atoms with Crippen molar-refractivity contribution in [2.24, 2.45) is 0 Å². The molecule has 0 spiro atoms. The molecule has 2 aliphatic heterocycles. The first-order chi connectivity index (χ1) is 16.5. The van der Waals surface area contributed by atoms with Gasteiger partial charge in [-0.2, -0.15) is 5.10 Å². The summed E-state index contributed by atoms with van der Waals surface area (Å²) in [5.41, 5.74) is 8.14. The maximum Gasteiger partial charge on any atom is 0.211 e. The van der Waals surface area contributed by atoms with Gasteiger partial charge in [0.25, 0.3) is 0 Å². The number of nitrogen functional groups attached to an aromatic ring is 1. The Kier molecular flexibility index (Phi) is 6.16. The number of carbonyl (C=O) groups is 1. The van der Waals surface area contributed by atoms with Crippen LogP contribution in [0.25, 0.3) is 11.3 Å². The highest BCUT2D eigenvalue weighted by Gasteiger charge is 2.31. The van der Waals surface area contributed by atoms with Gasteiger partial charge in [-0.15, -0.1) is 0 Å². The van der Waals surface area contributed by atoms with E-state index in [1.54, 1.807) is 24.3 Å². The summed E-state index contributed by atoms with van der Waals surface area (Å²) in [6.07, 6.45) is 2.44. The number of nitrogens with one attached hydrogen (secondary N) is 2. The summed E-state index contributed by atoms with van der Waals surface area (Å²) in [5, 5.41) is 10.8. The zero-order valence-corrected chi connectivity index (χ0v) is 18.5. The van der Waals surface area contributed by atoms with E-state index < -0.39 is 11.6 Å². The number of hydrogen-bond acceptors (Lipinski definition) is 6. The number of hydrogen-bond donors (Lipinski definition) is 3. The molecule has 1 aromatic heterocycles. The van der Waals surface area contributed by atoms with Crippen LogP contribution in [-0.2, 0) is 4.79 Å². The lowest BCUT2D eigenvalue weighted by molar-refractivity contribution is -0.105. The highest BCUT2D eigenvalue weighted by Crippen LogP contribution is 2.37. The molecule has 0 bridgehead atoms. The Bertz CT molecular complexity index is 1170. The lowest BCUT2D eigenvalue weighted by Gasteiger charge is -2.42. The molecule has 2 fully saturated rings. The number of nitrogens with two attached hydrogens (primary N) is 1. The molecule has 2 aliphatic rings. The van der Waals surface area contributed by atoms with Crippen molar-refractivity contribution in [3.05, 3.63) is 54.1 Å². The molecule has 2 aromatic carbocycles. The van der Waals surface area contributed by atoms with E-state index in [9.17, 15) is 13.6 Å². The SMILES string of the molecule is Nc1c(NC=O)c(-c2ccc(Oc3ccc(F)cc3F)cc2)nn1C1CCN(C2CNC2)CC1. The van der Waals surface area contributed by atoms with Gasteiger partial charge in [-0.3, -0.25) is 9.69 Å². The van der Waals surface area contributed by atoms with E-state index in [2.05, 4.69) is 15.5 Å². The average molecular weight is 469 g/mol. The number of carbonyl (C=O) groups excluding carboxylic acids is 1. The van der Waals surface area contributed by atoms with Gasteiger partial charge in [0.05, 0.1) is 6.04 Å². The summed E-state index contributed by atoms with van der Waals surface area (Å²) < 4.78 is 34.4. The zero-order chi connectivity index (χ0) is 23.7. The number of aromatic nitrogens is 2. The normalized spacial score (nSPS) is 17.4. The zero-order valence-electron chi connectivity index (χ0n) is 18.5. The summed E-state index contributed by atoms with van der Waals surface area (Å²) in [7, 11) is 0. The third-order valence-corrected chi connectivity index (χ3v) is 6.52. The van der Waals surface area contributed by atoms with Crippen LogP contribution >= 0.6 is 0 Å². The predicted octanol–water partition coefficient (Wildman–Crippen LogP) is 3.38. The number of halogens is 2. The molecule has 3 heterocycles. The molecule has 10 heteroatoms. The second kappa shape index (κ2) is 9.40. The molecule has 3 aromatic rings. The Morgan fingerprint density at radius 2 is 1.82 bits per heavy atom. The molecule has 0 saturated carbocycles. The van der Waals surface area contributed by atoms with Crippen LogP contribution in [0.4, 0.5) is 20.3 Å². The molecule has 5 rings (SSSR count). The van der Waals surface area contributed by atoms with E-state index in [4.69, 9.17) is 15.6 Å². The fourth-order valence-electron chi connectivity index (χ4n) is 4.52. The smallest absolute Gasteiger partial charge is 0.211 e. The first-order valence-corrected chi connectivity index (χ1v) is 11.3. The third-order valence-electron chi connectivity index (χ3n) is 6.52. The van der Waals surface area contributed by atoms with Crippen molar-refractivity contribution in [2.75, 3.05) is 37.2 Å². The van der Waals surface area contributed by atoms with Crippen molar-refractivity contribution in [3.8, 4) is 22.8 Å². The minimum atomic E-state index is -0.785. The molecule has 2 saturated heterocycles. The number of likely N-dealkylation sites (tertiary alicyclic amines) is 1. The standard InChI is InChI=1S/C24H26F2N6O2/c25-16-3-6-21(20(26)11-16)34-19-4-1-15(2-5-19)22-23(29-14-33)24(27)32(30-22)17-7-9-31(10-8-17)18-12-28-13-18/h1-6,11,14,17-18,28H,7-10,12-13,27H2,(H,29,33). The fourth-order valence-corrected chi connectivity index (χ4v) is 4.52. The van der Waals surface area contributed by atoms with E-state index in [-0.39, 0.29) is 11.8 Å². The van der Waals surface area contributed by atoms with E-state index in [1.807, 2.05) is 4.68 Å². The number of piperidine rings is 1. The number of benzene rings is 2. The molecule has 0 unspecified atom stereocenters. The van der Waals surface area contributed by atoms with Crippen LogP contribution in [0.5, 0.6) is 11.5 Å². The monoisotopic (exact) mass is 468 g/mol. The Balaban J connectivity index is 1.36. The Labute approximate surface area is 195 Å². The molecule has 0 radical (unpaired) electrons. The van der Waals surface area contributed by atoms with Gasteiger partial charge in [0.2, 0.25) is 6.41 Å². The minimum absolute atomic E-state index is 0.0741. The third kappa shape index (κ3) is 4.34. The first-order valence-electron chi connectivity index (χ1n) is 11.3. The maximum absolute atomic E-state index is 13.9. The number of nitrogens with zero attached hydrogens (tertiary/aromatic N) is 3. The van der Waals surface area contributed by atoms with Crippen molar-refractivity contribution < 1.29 is 18.3 Å². The van der Waals surface area contributed by atoms with Crippen molar-refractivity contribution in [3.63, 3.8) is 0 Å². The molecular weight excluding hydrogens is 442 g/mol. The van der Waals surface area contributed by atoms with Crippen LogP contribution in [-0.4, -0.2) is 53.3 Å². The van der Waals surface area contributed by atoms with Crippen LogP contribution in [0, 0.1) is 11.6 Å². The molecule has 34 heavy (non-hydrogen) atoms. The predicted molar refractivity (Wildman–Crippen MR) is 125 cm³/mol. The second-order valence-corrected chi connectivity index (χ2v) is 8.60. The molecule has 4 N–H and O–H groups in total. The molecule has 8 nitrogen and oxygen atoms in total. The number of ether oxygens (including phenoxy) is 1. The van der Waals surface area contributed by atoms with Crippen molar-refractivity contribution in [1.82, 2.24) is 20.0 Å². The summed E-state index contributed by atoms with van der Waals surface area (Å²) in [6, 6.07) is 10.7. The van der Waals surface area contributed by atoms with Gasteiger partial charge in [0.1, 0.15) is 28.8 Å². The topological polar surface area (TPSA) is 97.4 Å². The molecule has 1 amide bonds. The Hall–Kier alpha value is -3.50. The van der Waals surface area contributed by atoms with Gasteiger partial charge in [-0.05, 0) is 49.2 Å². The van der Waals surface area contributed by atoms with Gasteiger partial charge >= 0.3 is 0 Å². The van der Waals surface area contributed by atoms with E-state index in [1.165, 1.54) is 6.07 Å². The highest BCUT2D eigenvalue weighted by atomic mass is 19.1. The van der Waals surface area contributed by atoms with Gasteiger partial charge < -0.3 is 21.1 Å². The Morgan fingerprint density at radius 3 is 2.44 bits per heavy atom. The maximum atomic E-state index is 13.9. The van der Waals surface area contributed by atoms with Gasteiger partial charge in [0, 0.05) is 43.9 Å². The molecule has 178 valence electrons. The van der Waals surface area contributed by atoms with Crippen LogP contribution in [0.3, 0.4) is 0 Å².